The van der Waals surface area contributed by atoms with Gasteiger partial charge in [0.25, 0.3) is 0 Å². The fraction of sp³-hybridized carbons (Fsp3) is 0.292. The van der Waals surface area contributed by atoms with Gasteiger partial charge in [-0.3, -0.25) is 0 Å². The second-order valence-corrected chi connectivity index (χ2v) is 8.29. The summed E-state index contributed by atoms with van der Waals surface area (Å²) in [6.07, 6.45) is 5.92. The lowest BCUT2D eigenvalue weighted by Gasteiger charge is -2.10. The van der Waals surface area contributed by atoms with E-state index in [0.717, 1.165) is 42.1 Å². The molecule has 0 radical (unpaired) electrons. The molecule has 0 unspecified atom stereocenters. The summed E-state index contributed by atoms with van der Waals surface area (Å²) in [6, 6.07) is 14.9. The number of rotatable bonds is 10. The third-order valence-corrected chi connectivity index (χ3v) is 5.94. The minimum absolute atomic E-state index is 0.323. The molecule has 5 nitrogen and oxygen atoms in total. The molecule has 3 aromatic rings. The van der Waals surface area contributed by atoms with Crippen LogP contribution in [-0.4, -0.2) is 30.8 Å². The van der Waals surface area contributed by atoms with Gasteiger partial charge in [-0.2, -0.15) is 5.10 Å². The van der Waals surface area contributed by atoms with E-state index >= 15 is 0 Å². The predicted octanol–water partition coefficient (Wildman–Crippen LogP) is 6.67. The van der Waals surface area contributed by atoms with Crippen molar-refractivity contribution in [2.45, 2.75) is 32.6 Å². The molecule has 31 heavy (non-hydrogen) atoms. The highest BCUT2D eigenvalue weighted by atomic mass is 35.5. The van der Waals surface area contributed by atoms with Crippen molar-refractivity contribution in [2.75, 3.05) is 18.7 Å². The molecule has 1 aromatic heterocycles. The highest BCUT2D eigenvalue weighted by molar-refractivity contribution is 7.14. The van der Waals surface area contributed by atoms with Crippen LogP contribution in [0.5, 0.6) is 0 Å². The number of anilines is 1. The average molecular weight is 456 g/mol. The number of benzene rings is 2. The number of halogens is 1. The van der Waals surface area contributed by atoms with Gasteiger partial charge in [0.1, 0.15) is 0 Å². The maximum absolute atomic E-state index is 12.5. The number of carbonyl (C=O) groups excluding carboxylic acids is 1. The molecular formula is C24H26ClN3O2S. The van der Waals surface area contributed by atoms with E-state index in [4.69, 9.17) is 16.3 Å². The van der Waals surface area contributed by atoms with Crippen molar-refractivity contribution < 1.29 is 9.53 Å². The van der Waals surface area contributed by atoms with Crippen LogP contribution in [0.3, 0.4) is 0 Å². The predicted molar refractivity (Wildman–Crippen MR) is 129 cm³/mol. The monoisotopic (exact) mass is 455 g/mol. The van der Waals surface area contributed by atoms with E-state index in [2.05, 4.69) is 17.0 Å². The first-order chi connectivity index (χ1) is 15.1. The fourth-order valence-corrected chi connectivity index (χ4v) is 3.95. The van der Waals surface area contributed by atoms with Gasteiger partial charge in [0.2, 0.25) is 5.13 Å². The number of hydrazone groups is 1. The van der Waals surface area contributed by atoms with Crippen molar-refractivity contribution in [2.24, 2.45) is 5.10 Å². The Kier molecular flexibility index (Phi) is 8.62. The maximum Gasteiger partial charge on any atom is 0.338 e. The minimum Gasteiger partial charge on any atom is -0.462 e. The van der Waals surface area contributed by atoms with E-state index in [9.17, 15) is 4.79 Å². The largest absolute Gasteiger partial charge is 0.462 e. The molecule has 0 saturated carbocycles. The normalized spacial score (nSPS) is 11.1. The smallest absolute Gasteiger partial charge is 0.338 e. The summed E-state index contributed by atoms with van der Waals surface area (Å²) >= 11 is 7.75. The Hall–Kier alpha value is -2.70. The van der Waals surface area contributed by atoms with Crippen LogP contribution in [0.4, 0.5) is 5.13 Å². The van der Waals surface area contributed by atoms with Gasteiger partial charge in [-0.25, -0.2) is 14.8 Å². The SMILES string of the molecule is CCCCCCOC(=O)c1ccccc1/C=N/N(C)c1nc(-c2ccccc2Cl)cs1. The Balaban J connectivity index is 1.67. The summed E-state index contributed by atoms with van der Waals surface area (Å²) in [6.45, 7) is 2.59. The van der Waals surface area contributed by atoms with Crippen molar-refractivity contribution in [3.63, 3.8) is 0 Å². The number of aromatic nitrogens is 1. The van der Waals surface area contributed by atoms with Gasteiger partial charge < -0.3 is 4.74 Å². The topological polar surface area (TPSA) is 54.8 Å². The van der Waals surface area contributed by atoms with E-state index in [0.29, 0.717) is 22.8 Å². The fourth-order valence-electron chi connectivity index (χ4n) is 2.97. The van der Waals surface area contributed by atoms with Gasteiger partial charge in [-0.05, 0) is 18.6 Å². The van der Waals surface area contributed by atoms with Gasteiger partial charge in [0.05, 0.1) is 24.1 Å². The van der Waals surface area contributed by atoms with Gasteiger partial charge in [-0.15, -0.1) is 11.3 Å². The highest BCUT2D eigenvalue weighted by Crippen LogP contribution is 2.31. The molecule has 0 aliphatic heterocycles. The number of thiazole rings is 1. The van der Waals surface area contributed by atoms with Crippen LogP contribution in [0.2, 0.25) is 5.02 Å². The molecule has 0 aliphatic carbocycles. The third kappa shape index (κ3) is 6.39. The second kappa shape index (κ2) is 11.6. The van der Waals surface area contributed by atoms with Crippen molar-refractivity contribution in [1.82, 2.24) is 4.98 Å². The summed E-state index contributed by atoms with van der Waals surface area (Å²) in [4.78, 5) is 17.1. The van der Waals surface area contributed by atoms with Crippen molar-refractivity contribution >= 4 is 40.3 Å². The Bertz CT molecular complexity index is 1030. The Morgan fingerprint density at radius 1 is 1.16 bits per heavy atom. The number of esters is 1. The van der Waals surface area contributed by atoms with Crippen molar-refractivity contribution in [1.29, 1.82) is 0 Å². The van der Waals surface area contributed by atoms with E-state index in [1.54, 1.807) is 17.3 Å². The first kappa shape index (κ1) is 23.0. The maximum atomic E-state index is 12.5. The van der Waals surface area contributed by atoms with Crippen LogP contribution in [0, 0.1) is 0 Å². The summed E-state index contributed by atoms with van der Waals surface area (Å²) < 4.78 is 5.43. The molecule has 3 rings (SSSR count). The summed E-state index contributed by atoms with van der Waals surface area (Å²) in [5.41, 5.74) is 2.90. The molecule has 0 spiro atoms. The summed E-state index contributed by atoms with van der Waals surface area (Å²) in [5, 5.41) is 9.49. The minimum atomic E-state index is -0.323. The molecule has 0 N–H and O–H groups in total. The van der Waals surface area contributed by atoms with Crippen molar-refractivity contribution in [3.8, 4) is 11.3 Å². The molecule has 1 heterocycles. The van der Waals surface area contributed by atoms with Crippen LogP contribution in [0.25, 0.3) is 11.3 Å². The van der Waals surface area contributed by atoms with Gasteiger partial charge in [-0.1, -0.05) is 74.2 Å². The van der Waals surface area contributed by atoms with Gasteiger partial charge in [0.15, 0.2) is 0 Å². The zero-order chi connectivity index (χ0) is 22.1. The number of hydrogen-bond donors (Lipinski definition) is 0. The van der Waals surface area contributed by atoms with E-state index in [1.165, 1.54) is 11.3 Å². The molecule has 0 atom stereocenters. The summed E-state index contributed by atoms with van der Waals surface area (Å²) in [7, 11) is 1.82. The lowest BCUT2D eigenvalue weighted by molar-refractivity contribution is 0.0497. The lowest BCUT2D eigenvalue weighted by Crippen LogP contribution is -2.12. The van der Waals surface area contributed by atoms with Gasteiger partial charge >= 0.3 is 5.97 Å². The quantitative estimate of drug-likeness (QED) is 0.148. The molecule has 0 amide bonds. The van der Waals surface area contributed by atoms with Crippen LogP contribution >= 0.6 is 22.9 Å². The van der Waals surface area contributed by atoms with Crippen LogP contribution in [-0.2, 0) is 4.74 Å². The number of nitrogens with zero attached hydrogens (tertiary/aromatic N) is 3. The number of ether oxygens (including phenoxy) is 1. The van der Waals surface area contributed by atoms with Crippen molar-refractivity contribution in [3.05, 3.63) is 70.1 Å². The first-order valence-electron chi connectivity index (χ1n) is 10.3. The number of hydrogen-bond acceptors (Lipinski definition) is 6. The number of unbranched alkanes of at least 4 members (excludes halogenated alkanes) is 3. The lowest BCUT2D eigenvalue weighted by atomic mass is 10.1. The molecular weight excluding hydrogens is 430 g/mol. The zero-order valence-corrected chi connectivity index (χ0v) is 19.3. The molecule has 0 saturated heterocycles. The summed E-state index contributed by atoms with van der Waals surface area (Å²) in [5.74, 6) is -0.323. The first-order valence-corrected chi connectivity index (χ1v) is 11.6. The standard InChI is InChI=1S/C24H26ClN3O2S/c1-3-4-5-10-15-30-23(29)19-12-7-6-11-18(19)16-26-28(2)24-27-22(17-31-24)20-13-8-9-14-21(20)25/h6-9,11-14,16-17H,3-5,10,15H2,1-2H3/b26-16+. The highest BCUT2D eigenvalue weighted by Gasteiger charge is 2.13. The molecule has 2 aromatic carbocycles. The molecule has 162 valence electrons. The van der Waals surface area contributed by atoms with Crippen LogP contribution in [0.1, 0.15) is 48.5 Å². The van der Waals surface area contributed by atoms with E-state index < -0.39 is 0 Å². The van der Waals surface area contributed by atoms with E-state index in [1.807, 2.05) is 54.9 Å². The Morgan fingerprint density at radius 2 is 1.94 bits per heavy atom. The van der Waals surface area contributed by atoms with Crippen LogP contribution in [0.15, 0.2) is 59.0 Å². The van der Waals surface area contributed by atoms with E-state index in [-0.39, 0.29) is 5.97 Å². The van der Waals surface area contributed by atoms with Gasteiger partial charge in [0, 0.05) is 28.6 Å². The Morgan fingerprint density at radius 3 is 2.74 bits per heavy atom. The average Bonchev–Trinajstić information content (AvgIpc) is 3.28. The zero-order valence-electron chi connectivity index (χ0n) is 17.8. The molecule has 0 aliphatic rings. The molecule has 7 heteroatoms. The Labute approximate surface area is 192 Å². The third-order valence-electron chi connectivity index (χ3n) is 4.70. The molecule has 0 fully saturated rings. The van der Waals surface area contributed by atoms with Crippen LogP contribution < -0.4 is 5.01 Å². The molecule has 0 bridgehead atoms. The second-order valence-electron chi connectivity index (χ2n) is 7.05. The number of carbonyl (C=O) groups is 1.